The fourth-order valence-electron chi connectivity index (χ4n) is 6.78. The standard InChI is InChI=1S/C63H98O6/c1-4-7-10-13-16-19-22-25-28-31-34-37-40-43-46-49-52-55-61(64)67-58-60(69-63(66)57-54-51-48-45-42-39-36-33-30-27-24-21-18-15-12-9-6-3)59-68-62(65)56-53-50-47-44-41-38-35-32-29-26-23-20-17-14-11-8-5-2/h7-8,10-11,16-17,19-20,25-30,34-39,43,45-46,48,60H,4-6,9,12-15,18,21-24,31-33,40-42,44,47,49-59H2,1-3H3/b10-7-,11-8-,19-16-,20-17-,28-25-,29-26-,30-27-,37-34-,38-35-,39-36-,46-43-,48-45-/t60-/m1/s1. The highest BCUT2D eigenvalue weighted by Crippen LogP contribution is 2.11. The summed E-state index contributed by atoms with van der Waals surface area (Å²) in [5.74, 6) is -1.08. The van der Waals surface area contributed by atoms with Crippen molar-refractivity contribution < 1.29 is 28.6 Å². The molecule has 1 atom stereocenters. The maximum absolute atomic E-state index is 12.8. The first-order chi connectivity index (χ1) is 34.0. The minimum Gasteiger partial charge on any atom is -0.462 e. The van der Waals surface area contributed by atoms with Crippen LogP contribution in [0.25, 0.3) is 0 Å². The molecule has 6 nitrogen and oxygen atoms in total. The molecule has 0 aliphatic carbocycles. The Kier molecular flexibility index (Phi) is 52.1. The maximum atomic E-state index is 12.8. The molecule has 0 fully saturated rings. The van der Waals surface area contributed by atoms with Crippen molar-refractivity contribution in [2.45, 2.75) is 219 Å². The van der Waals surface area contributed by atoms with Gasteiger partial charge in [-0.2, -0.15) is 0 Å². The van der Waals surface area contributed by atoms with Crippen molar-refractivity contribution in [3.8, 4) is 0 Å². The minimum absolute atomic E-state index is 0.135. The molecule has 6 heteroatoms. The summed E-state index contributed by atoms with van der Waals surface area (Å²) in [7, 11) is 0. The third-order valence-corrected chi connectivity index (χ3v) is 10.8. The highest BCUT2D eigenvalue weighted by atomic mass is 16.6. The van der Waals surface area contributed by atoms with Crippen molar-refractivity contribution >= 4 is 17.9 Å². The molecular weight excluding hydrogens is 853 g/mol. The van der Waals surface area contributed by atoms with Gasteiger partial charge in [-0.1, -0.05) is 212 Å². The second-order valence-electron chi connectivity index (χ2n) is 17.4. The van der Waals surface area contributed by atoms with Crippen molar-refractivity contribution in [1.82, 2.24) is 0 Å². The second-order valence-corrected chi connectivity index (χ2v) is 17.4. The minimum atomic E-state index is -0.844. The first-order valence-corrected chi connectivity index (χ1v) is 27.3. The van der Waals surface area contributed by atoms with Gasteiger partial charge in [-0.05, 0) is 128 Å². The lowest BCUT2D eigenvalue weighted by Gasteiger charge is -2.18. The molecule has 0 spiro atoms. The summed E-state index contributed by atoms with van der Waals surface area (Å²) in [5.41, 5.74) is 0. The number of esters is 3. The largest absolute Gasteiger partial charge is 0.462 e. The van der Waals surface area contributed by atoms with Crippen LogP contribution in [0, 0.1) is 0 Å². The number of carbonyl (C=O) groups excluding carboxylic acids is 3. The Labute approximate surface area is 423 Å². The molecule has 0 aromatic carbocycles. The first-order valence-electron chi connectivity index (χ1n) is 27.3. The Bertz CT molecular complexity index is 1560. The van der Waals surface area contributed by atoms with Gasteiger partial charge in [0.15, 0.2) is 6.10 Å². The van der Waals surface area contributed by atoms with E-state index in [0.29, 0.717) is 19.3 Å². The van der Waals surface area contributed by atoms with E-state index in [1.165, 1.54) is 44.9 Å². The molecule has 0 heterocycles. The van der Waals surface area contributed by atoms with E-state index in [9.17, 15) is 14.4 Å². The monoisotopic (exact) mass is 951 g/mol. The van der Waals surface area contributed by atoms with Crippen molar-refractivity contribution in [1.29, 1.82) is 0 Å². The zero-order valence-corrected chi connectivity index (χ0v) is 44.0. The molecule has 0 N–H and O–H groups in total. The van der Waals surface area contributed by atoms with Crippen LogP contribution in [0.3, 0.4) is 0 Å². The first kappa shape index (κ1) is 64.3. The van der Waals surface area contributed by atoms with E-state index in [-0.39, 0.29) is 44.0 Å². The fourth-order valence-corrected chi connectivity index (χ4v) is 6.78. The third kappa shape index (κ3) is 54.1. The molecule has 0 saturated carbocycles. The van der Waals surface area contributed by atoms with Crippen LogP contribution >= 0.6 is 0 Å². The van der Waals surface area contributed by atoms with Crippen molar-refractivity contribution in [2.24, 2.45) is 0 Å². The number of rotatable bonds is 47. The van der Waals surface area contributed by atoms with Crippen LogP contribution in [0.2, 0.25) is 0 Å². The van der Waals surface area contributed by atoms with Crippen LogP contribution in [0.5, 0.6) is 0 Å². The average molecular weight is 951 g/mol. The Morgan fingerprint density at radius 2 is 0.580 bits per heavy atom. The van der Waals surface area contributed by atoms with Gasteiger partial charge in [0, 0.05) is 19.3 Å². The number of ether oxygens (including phenoxy) is 3. The molecule has 0 aliphatic heterocycles. The third-order valence-electron chi connectivity index (χ3n) is 10.8. The Morgan fingerprint density at radius 3 is 0.942 bits per heavy atom. The van der Waals surface area contributed by atoms with E-state index >= 15 is 0 Å². The zero-order chi connectivity index (χ0) is 50.0. The summed E-state index contributed by atoms with van der Waals surface area (Å²) in [4.78, 5) is 38.1. The smallest absolute Gasteiger partial charge is 0.306 e. The van der Waals surface area contributed by atoms with E-state index in [0.717, 1.165) is 116 Å². The maximum Gasteiger partial charge on any atom is 0.306 e. The molecule has 69 heavy (non-hydrogen) atoms. The predicted molar refractivity (Wildman–Crippen MR) is 297 cm³/mol. The zero-order valence-electron chi connectivity index (χ0n) is 44.0. The van der Waals surface area contributed by atoms with Crippen molar-refractivity contribution in [3.05, 3.63) is 146 Å². The van der Waals surface area contributed by atoms with E-state index in [2.05, 4.69) is 167 Å². The van der Waals surface area contributed by atoms with Crippen molar-refractivity contribution in [3.63, 3.8) is 0 Å². The topological polar surface area (TPSA) is 78.9 Å². The second kappa shape index (κ2) is 55.9. The quantitative estimate of drug-likeness (QED) is 0.0262. The highest BCUT2D eigenvalue weighted by Gasteiger charge is 2.19. The van der Waals surface area contributed by atoms with Gasteiger partial charge in [-0.15, -0.1) is 0 Å². The van der Waals surface area contributed by atoms with Gasteiger partial charge in [0.25, 0.3) is 0 Å². The number of hydrogen-bond acceptors (Lipinski definition) is 6. The summed E-state index contributed by atoms with van der Waals surface area (Å²) < 4.78 is 16.7. The van der Waals surface area contributed by atoms with E-state index < -0.39 is 6.10 Å². The van der Waals surface area contributed by atoms with E-state index in [1.54, 1.807) is 0 Å². The van der Waals surface area contributed by atoms with Gasteiger partial charge in [0.1, 0.15) is 13.2 Å². The van der Waals surface area contributed by atoms with Gasteiger partial charge in [-0.25, -0.2) is 0 Å². The molecule has 0 aromatic heterocycles. The van der Waals surface area contributed by atoms with Crippen LogP contribution in [0.1, 0.15) is 213 Å². The lowest BCUT2D eigenvalue weighted by atomic mass is 10.1. The molecule has 0 amide bonds. The molecule has 386 valence electrons. The van der Waals surface area contributed by atoms with Crippen LogP contribution in [-0.2, 0) is 28.6 Å². The summed E-state index contributed by atoms with van der Waals surface area (Å²) in [6.07, 6.45) is 79.9. The summed E-state index contributed by atoms with van der Waals surface area (Å²) in [5, 5.41) is 0. The van der Waals surface area contributed by atoms with Crippen LogP contribution in [0.15, 0.2) is 146 Å². The SMILES string of the molecule is CC/C=C\C/C=C\C/C=C\C/C=C\C/C=C\CCCC(=O)OC[C@H](COC(=O)CCCCCC/C=C\C/C=C\C/C=C\C/C=C\CC)OC(=O)CCC/C=C\C/C=C\C/C=C\CCCCCCCC. The average Bonchev–Trinajstić information content (AvgIpc) is 3.35. The molecule has 0 radical (unpaired) electrons. The molecular formula is C63H98O6. The Hall–Kier alpha value is -4.71. The highest BCUT2D eigenvalue weighted by molar-refractivity contribution is 5.71. The van der Waals surface area contributed by atoms with Crippen LogP contribution < -0.4 is 0 Å². The fraction of sp³-hybridized carbons (Fsp3) is 0.571. The van der Waals surface area contributed by atoms with E-state index in [1.807, 2.05) is 0 Å². The normalized spacial score (nSPS) is 13.3. The van der Waals surface area contributed by atoms with Gasteiger partial charge in [0.05, 0.1) is 0 Å². The summed E-state index contributed by atoms with van der Waals surface area (Å²) >= 11 is 0. The Balaban J connectivity index is 4.63. The molecule has 0 bridgehead atoms. The van der Waals surface area contributed by atoms with Crippen LogP contribution in [-0.4, -0.2) is 37.2 Å². The number of carbonyl (C=O) groups is 3. The molecule has 0 aromatic rings. The van der Waals surface area contributed by atoms with Gasteiger partial charge in [0.2, 0.25) is 0 Å². The Morgan fingerprint density at radius 1 is 0.304 bits per heavy atom. The molecule has 0 unspecified atom stereocenters. The lowest BCUT2D eigenvalue weighted by molar-refractivity contribution is -0.167. The number of hydrogen-bond donors (Lipinski definition) is 0. The van der Waals surface area contributed by atoms with Crippen LogP contribution in [0.4, 0.5) is 0 Å². The predicted octanol–water partition coefficient (Wildman–Crippen LogP) is 18.4. The molecule has 0 rings (SSSR count). The number of allylic oxidation sites excluding steroid dienone is 24. The molecule has 0 saturated heterocycles. The lowest BCUT2D eigenvalue weighted by Crippen LogP contribution is -2.30. The molecule has 0 aliphatic rings. The van der Waals surface area contributed by atoms with Gasteiger partial charge < -0.3 is 14.2 Å². The summed E-state index contributed by atoms with van der Waals surface area (Å²) in [6, 6.07) is 0. The van der Waals surface area contributed by atoms with Gasteiger partial charge >= 0.3 is 17.9 Å². The van der Waals surface area contributed by atoms with Crippen molar-refractivity contribution in [2.75, 3.05) is 13.2 Å². The van der Waals surface area contributed by atoms with Gasteiger partial charge in [-0.3, -0.25) is 14.4 Å². The summed E-state index contributed by atoms with van der Waals surface area (Å²) in [6.45, 7) is 6.27. The van der Waals surface area contributed by atoms with E-state index in [4.69, 9.17) is 14.2 Å². The number of unbranched alkanes of at least 4 members (excludes halogenated alkanes) is 12.